The van der Waals surface area contributed by atoms with Crippen molar-refractivity contribution in [3.63, 3.8) is 0 Å². The van der Waals surface area contributed by atoms with Gasteiger partial charge < -0.3 is 19.5 Å². The van der Waals surface area contributed by atoms with Crippen molar-refractivity contribution in [1.29, 1.82) is 0 Å². The molecule has 2 aromatic rings. The van der Waals surface area contributed by atoms with Crippen LogP contribution in [0.3, 0.4) is 0 Å². The highest BCUT2D eigenvalue weighted by Gasteiger charge is 2.02. The van der Waals surface area contributed by atoms with Gasteiger partial charge in [-0.05, 0) is 30.7 Å². The SMILES string of the molecule is COc1cccc(OCCNC(=O)CCCOc2ccccc2)c1. The van der Waals surface area contributed by atoms with Crippen LogP contribution in [0.2, 0.25) is 0 Å². The average Bonchev–Trinajstić information content (AvgIpc) is 2.63. The molecule has 2 aromatic carbocycles. The summed E-state index contributed by atoms with van der Waals surface area (Å²) < 4.78 is 16.2. The summed E-state index contributed by atoms with van der Waals surface area (Å²) in [6, 6.07) is 17.0. The minimum absolute atomic E-state index is 0.000837. The summed E-state index contributed by atoms with van der Waals surface area (Å²) in [5.41, 5.74) is 0. The van der Waals surface area contributed by atoms with Gasteiger partial charge >= 0.3 is 0 Å². The fourth-order valence-electron chi connectivity index (χ4n) is 2.08. The highest BCUT2D eigenvalue weighted by atomic mass is 16.5. The largest absolute Gasteiger partial charge is 0.497 e. The van der Waals surface area contributed by atoms with Gasteiger partial charge in [0.05, 0.1) is 20.3 Å². The minimum Gasteiger partial charge on any atom is -0.497 e. The van der Waals surface area contributed by atoms with E-state index in [0.29, 0.717) is 32.6 Å². The predicted molar refractivity (Wildman–Crippen MR) is 92.7 cm³/mol. The summed E-state index contributed by atoms with van der Waals surface area (Å²) in [5.74, 6) is 2.29. The number of carbonyl (C=O) groups excluding carboxylic acids is 1. The summed E-state index contributed by atoms with van der Waals surface area (Å²) in [6.07, 6.45) is 1.11. The molecule has 0 atom stereocenters. The molecule has 0 fully saturated rings. The molecule has 24 heavy (non-hydrogen) atoms. The number of benzene rings is 2. The molecule has 0 aliphatic carbocycles. The van der Waals surface area contributed by atoms with E-state index in [1.165, 1.54) is 0 Å². The second kappa shape index (κ2) is 10.2. The third-order valence-electron chi connectivity index (χ3n) is 3.29. The molecule has 0 aliphatic rings. The topological polar surface area (TPSA) is 56.8 Å². The Balaban J connectivity index is 1.53. The van der Waals surface area contributed by atoms with Crippen LogP contribution in [-0.2, 0) is 4.79 Å². The van der Waals surface area contributed by atoms with Crippen LogP contribution in [-0.4, -0.2) is 32.8 Å². The number of ether oxygens (including phenoxy) is 3. The van der Waals surface area contributed by atoms with Crippen molar-refractivity contribution in [2.45, 2.75) is 12.8 Å². The van der Waals surface area contributed by atoms with E-state index in [1.54, 1.807) is 7.11 Å². The number of rotatable bonds is 10. The van der Waals surface area contributed by atoms with E-state index < -0.39 is 0 Å². The quantitative estimate of drug-likeness (QED) is 0.681. The number of amides is 1. The maximum atomic E-state index is 11.7. The van der Waals surface area contributed by atoms with Crippen LogP contribution >= 0.6 is 0 Å². The molecule has 128 valence electrons. The summed E-state index contributed by atoms with van der Waals surface area (Å²) in [7, 11) is 1.61. The Hall–Kier alpha value is -2.69. The molecule has 0 saturated heterocycles. The molecule has 0 saturated carbocycles. The first kappa shape index (κ1) is 17.7. The van der Waals surface area contributed by atoms with E-state index in [-0.39, 0.29) is 5.91 Å². The average molecular weight is 329 g/mol. The van der Waals surface area contributed by atoms with Crippen LogP contribution in [0, 0.1) is 0 Å². The van der Waals surface area contributed by atoms with Crippen LogP contribution in [0.5, 0.6) is 17.2 Å². The van der Waals surface area contributed by atoms with Gasteiger partial charge in [-0.1, -0.05) is 24.3 Å². The number of nitrogens with one attached hydrogen (secondary N) is 1. The number of methoxy groups -OCH3 is 1. The Morgan fingerprint density at radius 2 is 1.62 bits per heavy atom. The molecule has 1 N–H and O–H groups in total. The monoisotopic (exact) mass is 329 g/mol. The zero-order valence-electron chi connectivity index (χ0n) is 13.9. The van der Waals surface area contributed by atoms with Crippen molar-refractivity contribution < 1.29 is 19.0 Å². The Bertz CT molecular complexity index is 616. The van der Waals surface area contributed by atoms with Crippen LogP contribution in [0.1, 0.15) is 12.8 Å². The van der Waals surface area contributed by atoms with Crippen LogP contribution in [0.25, 0.3) is 0 Å². The Morgan fingerprint density at radius 3 is 2.42 bits per heavy atom. The van der Waals surface area contributed by atoms with Crippen LogP contribution in [0.4, 0.5) is 0 Å². The highest BCUT2D eigenvalue weighted by molar-refractivity contribution is 5.75. The molecule has 2 rings (SSSR count). The molecule has 5 heteroatoms. The number of hydrogen-bond donors (Lipinski definition) is 1. The molecule has 0 aliphatic heterocycles. The maximum Gasteiger partial charge on any atom is 0.220 e. The lowest BCUT2D eigenvalue weighted by Crippen LogP contribution is -2.28. The van der Waals surface area contributed by atoms with E-state index in [0.717, 1.165) is 17.2 Å². The summed E-state index contributed by atoms with van der Waals surface area (Å²) in [5, 5.41) is 2.83. The zero-order chi connectivity index (χ0) is 17.0. The van der Waals surface area contributed by atoms with Crippen LogP contribution in [0.15, 0.2) is 54.6 Å². The van der Waals surface area contributed by atoms with Gasteiger partial charge in [-0.25, -0.2) is 0 Å². The lowest BCUT2D eigenvalue weighted by molar-refractivity contribution is -0.121. The van der Waals surface area contributed by atoms with E-state index in [9.17, 15) is 4.79 Å². The van der Waals surface area contributed by atoms with Gasteiger partial charge in [-0.2, -0.15) is 0 Å². The first-order valence-corrected chi connectivity index (χ1v) is 7.99. The van der Waals surface area contributed by atoms with E-state index in [2.05, 4.69) is 5.32 Å². The number of carbonyl (C=O) groups is 1. The van der Waals surface area contributed by atoms with Gasteiger partial charge in [-0.3, -0.25) is 4.79 Å². The molecule has 0 aromatic heterocycles. The van der Waals surface area contributed by atoms with Crippen molar-refractivity contribution in [2.75, 3.05) is 26.9 Å². The highest BCUT2D eigenvalue weighted by Crippen LogP contribution is 2.18. The van der Waals surface area contributed by atoms with Gasteiger partial charge in [0.15, 0.2) is 0 Å². The van der Waals surface area contributed by atoms with Gasteiger partial charge in [0.2, 0.25) is 5.91 Å². The standard InChI is InChI=1S/C19H23NO4/c1-22-17-9-5-10-18(15-17)24-14-12-20-19(21)11-6-13-23-16-7-3-2-4-8-16/h2-5,7-10,15H,6,11-14H2,1H3,(H,20,21). The Kier molecular flexibility index (Phi) is 7.47. The Labute approximate surface area is 142 Å². The number of hydrogen-bond acceptors (Lipinski definition) is 4. The molecular formula is C19H23NO4. The molecular weight excluding hydrogens is 306 g/mol. The second-order valence-electron chi connectivity index (χ2n) is 5.14. The zero-order valence-corrected chi connectivity index (χ0v) is 13.9. The molecule has 0 spiro atoms. The first-order chi connectivity index (χ1) is 11.8. The van der Waals surface area contributed by atoms with E-state index >= 15 is 0 Å². The van der Waals surface area contributed by atoms with Crippen molar-refractivity contribution in [3.8, 4) is 17.2 Å². The normalized spacial score (nSPS) is 10.0. The van der Waals surface area contributed by atoms with Crippen molar-refractivity contribution in [2.24, 2.45) is 0 Å². The summed E-state index contributed by atoms with van der Waals surface area (Å²) in [6.45, 7) is 1.41. The lowest BCUT2D eigenvalue weighted by Gasteiger charge is -2.09. The van der Waals surface area contributed by atoms with Gasteiger partial charge in [-0.15, -0.1) is 0 Å². The molecule has 5 nitrogen and oxygen atoms in total. The molecule has 0 heterocycles. The third-order valence-corrected chi connectivity index (χ3v) is 3.29. The smallest absolute Gasteiger partial charge is 0.220 e. The molecule has 0 bridgehead atoms. The third kappa shape index (κ3) is 6.60. The van der Waals surface area contributed by atoms with Gasteiger partial charge in [0.25, 0.3) is 0 Å². The molecule has 1 amide bonds. The minimum atomic E-state index is 0.000837. The summed E-state index contributed by atoms with van der Waals surface area (Å²) in [4.78, 5) is 11.7. The van der Waals surface area contributed by atoms with Gasteiger partial charge in [0, 0.05) is 12.5 Å². The molecule has 0 unspecified atom stereocenters. The van der Waals surface area contributed by atoms with Crippen molar-refractivity contribution in [1.82, 2.24) is 5.32 Å². The van der Waals surface area contributed by atoms with Gasteiger partial charge in [0.1, 0.15) is 23.9 Å². The summed E-state index contributed by atoms with van der Waals surface area (Å²) >= 11 is 0. The molecule has 0 radical (unpaired) electrons. The number of para-hydroxylation sites is 1. The van der Waals surface area contributed by atoms with Crippen molar-refractivity contribution >= 4 is 5.91 Å². The van der Waals surface area contributed by atoms with Crippen molar-refractivity contribution in [3.05, 3.63) is 54.6 Å². The second-order valence-corrected chi connectivity index (χ2v) is 5.14. The fourth-order valence-corrected chi connectivity index (χ4v) is 2.08. The maximum absolute atomic E-state index is 11.7. The lowest BCUT2D eigenvalue weighted by atomic mass is 10.3. The van der Waals surface area contributed by atoms with E-state index in [1.807, 2.05) is 54.6 Å². The predicted octanol–water partition coefficient (Wildman–Crippen LogP) is 3.05. The first-order valence-electron chi connectivity index (χ1n) is 7.99. The fraction of sp³-hybridized carbons (Fsp3) is 0.316. The van der Waals surface area contributed by atoms with Crippen LogP contribution < -0.4 is 19.5 Å². The van der Waals surface area contributed by atoms with E-state index in [4.69, 9.17) is 14.2 Å². The Morgan fingerprint density at radius 1 is 0.917 bits per heavy atom.